The normalized spacial score (nSPS) is 26.3. The molecule has 1 aliphatic rings. The lowest BCUT2D eigenvalue weighted by Crippen LogP contribution is -2.53. The fourth-order valence-corrected chi connectivity index (χ4v) is 3.13. The van der Waals surface area contributed by atoms with E-state index < -0.39 is 36.6 Å². The highest BCUT2D eigenvalue weighted by atomic mass is 16.6. The smallest absolute Gasteiger partial charge is 0.343 e. The maximum absolute atomic E-state index is 12.1. The summed E-state index contributed by atoms with van der Waals surface area (Å²) in [6, 6.07) is 0. The number of aliphatic hydroxyl groups is 3. The van der Waals surface area contributed by atoms with Crippen LogP contribution in [0.5, 0.6) is 0 Å². The first-order valence-electron chi connectivity index (χ1n) is 9.11. The first-order valence-corrected chi connectivity index (χ1v) is 9.11. The summed E-state index contributed by atoms with van der Waals surface area (Å²) in [5.41, 5.74) is 4.25. The van der Waals surface area contributed by atoms with Gasteiger partial charge in [-0.2, -0.15) is 0 Å². The SMILES string of the molecule is CCCCC#Cc1nc(N)c2ncn([C@@H]3O[C@@](CO)(C(=O)OC)[C@@H](O)[C@H]3O)c2n1. The second-order valence-corrected chi connectivity index (χ2v) is 6.64. The second kappa shape index (κ2) is 8.30. The fraction of sp³-hybridized carbons (Fsp3) is 0.556. The number of ether oxygens (including phenoxy) is 2. The molecule has 0 radical (unpaired) electrons. The van der Waals surface area contributed by atoms with Gasteiger partial charge in [-0.15, -0.1) is 0 Å². The van der Waals surface area contributed by atoms with Crippen molar-refractivity contribution in [3.8, 4) is 11.8 Å². The third-order valence-corrected chi connectivity index (χ3v) is 4.77. The molecule has 156 valence electrons. The second-order valence-electron chi connectivity index (χ2n) is 6.64. The lowest BCUT2D eigenvalue weighted by molar-refractivity contribution is -0.187. The van der Waals surface area contributed by atoms with E-state index in [-0.39, 0.29) is 22.8 Å². The Balaban J connectivity index is 2.02. The van der Waals surface area contributed by atoms with Crippen LogP contribution >= 0.6 is 0 Å². The van der Waals surface area contributed by atoms with Gasteiger partial charge in [-0.1, -0.05) is 19.3 Å². The van der Waals surface area contributed by atoms with E-state index in [2.05, 4.69) is 38.5 Å². The number of rotatable bonds is 5. The number of esters is 1. The Bertz CT molecular complexity index is 967. The number of unbranched alkanes of at least 4 members (excludes halogenated alkanes) is 2. The molecular weight excluding hydrogens is 382 g/mol. The van der Waals surface area contributed by atoms with Gasteiger partial charge in [0.25, 0.3) is 0 Å². The topological polar surface area (TPSA) is 166 Å². The Kier molecular flexibility index (Phi) is 5.99. The maximum Gasteiger partial charge on any atom is 0.343 e. The van der Waals surface area contributed by atoms with E-state index in [9.17, 15) is 20.1 Å². The van der Waals surface area contributed by atoms with Gasteiger partial charge in [0, 0.05) is 6.42 Å². The average Bonchev–Trinajstić information content (AvgIpc) is 3.25. The van der Waals surface area contributed by atoms with Crippen molar-refractivity contribution in [3.63, 3.8) is 0 Å². The number of imidazole rings is 1. The van der Waals surface area contributed by atoms with Crippen molar-refractivity contribution in [3.05, 3.63) is 12.2 Å². The highest BCUT2D eigenvalue weighted by molar-refractivity contribution is 5.83. The summed E-state index contributed by atoms with van der Waals surface area (Å²) in [7, 11) is 1.08. The van der Waals surface area contributed by atoms with Crippen LogP contribution in [0.4, 0.5) is 5.82 Å². The number of nitrogen functional groups attached to an aromatic ring is 1. The van der Waals surface area contributed by atoms with Crippen LogP contribution in [0.3, 0.4) is 0 Å². The Morgan fingerprint density at radius 2 is 2.21 bits per heavy atom. The Morgan fingerprint density at radius 1 is 1.45 bits per heavy atom. The molecule has 1 fully saturated rings. The van der Waals surface area contributed by atoms with Crippen molar-refractivity contribution in [2.75, 3.05) is 19.5 Å². The van der Waals surface area contributed by atoms with Crippen LogP contribution < -0.4 is 5.73 Å². The van der Waals surface area contributed by atoms with Gasteiger partial charge in [-0.25, -0.2) is 19.7 Å². The van der Waals surface area contributed by atoms with Crippen molar-refractivity contribution in [2.45, 2.75) is 50.2 Å². The van der Waals surface area contributed by atoms with Gasteiger partial charge >= 0.3 is 5.97 Å². The van der Waals surface area contributed by atoms with Crippen LogP contribution in [0.2, 0.25) is 0 Å². The quantitative estimate of drug-likeness (QED) is 0.278. The largest absolute Gasteiger partial charge is 0.467 e. The lowest BCUT2D eigenvalue weighted by Gasteiger charge is -2.26. The molecule has 2 aromatic heterocycles. The minimum Gasteiger partial charge on any atom is -0.467 e. The predicted octanol–water partition coefficient (Wildman–Crippen LogP) is -0.895. The number of fused-ring (bicyclic) bond motifs is 1. The molecular formula is C18H23N5O6. The molecule has 29 heavy (non-hydrogen) atoms. The molecule has 5 N–H and O–H groups in total. The highest BCUT2D eigenvalue weighted by Gasteiger charge is 2.60. The molecule has 4 atom stereocenters. The van der Waals surface area contributed by atoms with E-state index >= 15 is 0 Å². The van der Waals surface area contributed by atoms with E-state index in [1.807, 2.05) is 0 Å². The number of hydrogen-bond acceptors (Lipinski definition) is 10. The molecule has 0 bridgehead atoms. The zero-order chi connectivity index (χ0) is 21.2. The third kappa shape index (κ3) is 3.51. The zero-order valence-electron chi connectivity index (χ0n) is 16.1. The molecule has 0 unspecified atom stereocenters. The number of methoxy groups -OCH3 is 1. The van der Waals surface area contributed by atoms with Crippen molar-refractivity contribution in [1.29, 1.82) is 0 Å². The molecule has 0 amide bonds. The van der Waals surface area contributed by atoms with Gasteiger partial charge in [0.2, 0.25) is 11.4 Å². The van der Waals surface area contributed by atoms with Gasteiger partial charge in [0.15, 0.2) is 17.7 Å². The highest BCUT2D eigenvalue weighted by Crippen LogP contribution is 2.39. The average molecular weight is 405 g/mol. The van der Waals surface area contributed by atoms with Crippen LogP contribution in [-0.4, -0.2) is 72.3 Å². The van der Waals surface area contributed by atoms with Gasteiger partial charge in [0.1, 0.15) is 17.7 Å². The van der Waals surface area contributed by atoms with E-state index in [0.29, 0.717) is 6.42 Å². The molecule has 3 rings (SSSR count). The van der Waals surface area contributed by atoms with Crippen LogP contribution in [0, 0.1) is 11.8 Å². The molecule has 0 spiro atoms. The molecule has 0 aliphatic carbocycles. The number of carbonyl (C=O) groups excluding carboxylic acids is 1. The monoisotopic (exact) mass is 405 g/mol. The zero-order valence-corrected chi connectivity index (χ0v) is 16.1. The number of nitrogens with two attached hydrogens (primary N) is 1. The van der Waals surface area contributed by atoms with E-state index in [4.69, 9.17) is 10.5 Å². The standard InChI is InChI=1S/C18H23N5O6/c1-3-4-5-6-7-10-21-14(19)11-15(22-10)23(9-20-11)16-12(25)13(26)18(8-24,29-16)17(27)28-2/h9,12-13,16,24-26H,3-5,8H2,1-2H3,(H2,19,21,22)/t12-,13+,16-,18-/m1/s1. The first-order chi connectivity index (χ1) is 13.9. The van der Waals surface area contributed by atoms with Gasteiger partial charge in [0.05, 0.1) is 20.0 Å². The Labute approximate surface area is 166 Å². The minimum absolute atomic E-state index is 0.0861. The lowest BCUT2D eigenvalue weighted by atomic mass is 9.96. The predicted molar refractivity (Wildman–Crippen MR) is 100 cm³/mol. The first kappa shape index (κ1) is 20.9. The summed E-state index contributed by atoms with van der Waals surface area (Å²) >= 11 is 0. The summed E-state index contributed by atoms with van der Waals surface area (Å²) in [5.74, 6) is 5.03. The van der Waals surface area contributed by atoms with E-state index in [0.717, 1.165) is 20.0 Å². The molecule has 1 saturated heterocycles. The maximum atomic E-state index is 12.1. The summed E-state index contributed by atoms with van der Waals surface area (Å²) < 4.78 is 11.5. The van der Waals surface area contributed by atoms with Gasteiger partial charge in [-0.05, 0) is 12.3 Å². The van der Waals surface area contributed by atoms with Crippen LogP contribution in [0.15, 0.2) is 6.33 Å². The molecule has 0 aromatic carbocycles. The van der Waals surface area contributed by atoms with E-state index in [1.54, 1.807) is 0 Å². The molecule has 1 aliphatic heterocycles. The number of carbonyl (C=O) groups is 1. The molecule has 2 aromatic rings. The fourth-order valence-electron chi connectivity index (χ4n) is 3.13. The van der Waals surface area contributed by atoms with Crippen molar-refractivity contribution < 1.29 is 29.6 Å². The molecule has 11 nitrogen and oxygen atoms in total. The molecule has 3 heterocycles. The van der Waals surface area contributed by atoms with Crippen molar-refractivity contribution in [2.24, 2.45) is 0 Å². The summed E-state index contributed by atoms with van der Waals surface area (Å²) in [6.07, 6.45) is -0.670. The number of anilines is 1. The number of hydrogen-bond donors (Lipinski definition) is 4. The molecule has 0 saturated carbocycles. The Hall–Kier alpha value is -2.78. The third-order valence-electron chi connectivity index (χ3n) is 4.77. The van der Waals surface area contributed by atoms with Crippen molar-refractivity contribution in [1.82, 2.24) is 19.5 Å². The number of aliphatic hydroxyl groups excluding tert-OH is 3. The minimum atomic E-state index is -2.14. The van der Waals surface area contributed by atoms with Gasteiger partial charge in [-0.3, -0.25) is 4.57 Å². The Morgan fingerprint density at radius 3 is 2.86 bits per heavy atom. The summed E-state index contributed by atoms with van der Waals surface area (Å²) in [5, 5.41) is 30.5. The van der Waals surface area contributed by atoms with E-state index in [1.165, 1.54) is 10.9 Å². The number of nitrogens with zero attached hydrogens (tertiary/aromatic N) is 4. The van der Waals surface area contributed by atoms with Crippen LogP contribution in [0.25, 0.3) is 11.2 Å². The number of aromatic nitrogens is 4. The van der Waals surface area contributed by atoms with Gasteiger partial charge < -0.3 is 30.5 Å². The molecule has 11 heteroatoms. The van der Waals surface area contributed by atoms with Crippen LogP contribution in [-0.2, 0) is 14.3 Å². The summed E-state index contributed by atoms with van der Waals surface area (Å²) in [4.78, 5) is 24.7. The van der Waals surface area contributed by atoms with Crippen molar-refractivity contribution >= 4 is 23.0 Å². The summed E-state index contributed by atoms with van der Waals surface area (Å²) in [6.45, 7) is 1.16. The van der Waals surface area contributed by atoms with Crippen LogP contribution in [0.1, 0.15) is 38.2 Å².